The zero-order chi connectivity index (χ0) is 14.8. The van der Waals surface area contributed by atoms with Crippen molar-refractivity contribution < 1.29 is 9.13 Å². The van der Waals surface area contributed by atoms with Crippen LogP contribution in [0.3, 0.4) is 0 Å². The van der Waals surface area contributed by atoms with E-state index in [1.54, 1.807) is 10.8 Å². The lowest BCUT2D eigenvalue weighted by Crippen LogP contribution is -2.61. The summed E-state index contributed by atoms with van der Waals surface area (Å²) in [6.45, 7) is 2.34. The highest BCUT2D eigenvalue weighted by atomic mass is 35.5. The number of ether oxygens (including phenoxy) is 1. The smallest absolute Gasteiger partial charge is 0.259 e. The van der Waals surface area contributed by atoms with Crippen molar-refractivity contribution in [3.05, 3.63) is 39.5 Å². The summed E-state index contributed by atoms with van der Waals surface area (Å²) in [6, 6.07) is 2.70. The molecule has 0 unspecified atom stereocenters. The monoisotopic (exact) mass is 307 g/mol. The maximum atomic E-state index is 13.7. The standard InChI is InChI=1S/C16H15ClFNO2/c1-2-21-14-8-19(16-5-9(6-16)7-16)15(20)11-3-12(17)13(18)4-10(11)14/h3-4,8-9H,2,5-7H2,1H3. The summed E-state index contributed by atoms with van der Waals surface area (Å²) < 4.78 is 21.1. The van der Waals surface area contributed by atoms with Gasteiger partial charge in [0.15, 0.2) is 0 Å². The molecule has 3 aliphatic rings. The molecule has 5 heteroatoms. The molecule has 2 aromatic rings. The zero-order valence-corrected chi connectivity index (χ0v) is 12.4. The minimum atomic E-state index is -0.534. The first-order valence-corrected chi connectivity index (χ1v) is 7.59. The summed E-state index contributed by atoms with van der Waals surface area (Å²) >= 11 is 5.85. The van der Waals surface area contributed by atoms with E-state index in [1.807, 2.05) is 6.92 Å². The van der Waals surface area contributed by atoms with Crippen molar-refractivity contribution in [3.63, 3.8) is 0 Å². The largest absolute Gasteiger partial charge is 0.492 e. The highest BCUT2D eigenvalue weighted by molar-refractivity contribution is 6.31. The fraction of sp³-hybridized carbons (Fsp3) is 0.438. The predicted molar refractivity (Wildman–Crippen MR) is 79.7 cm³/mol. The Kier molecular flexibility index (Phi) is 2.65. The number of hydrogen-bond acceptors (Lipinski definition) is 2. The van der Waals surface area contributed by atoms with Gasteiger partial charge in [-0.25, -0.2) is 4.39 Å². The van der Waals surface area contributed by atoms with Gasteiger partial charge >= 0.3 is 0 Å². The van der Waals surface area contributed by atoms with Crippen LogP contribution in [-0.4, -0.2) is 11.2 Å². The van der Waals surface area contributed by atoms with Crippen LogP contribution in [0, 0.1) is 11.7 Å². The molecule has 5 rings (SSSR count). The molecule has 1 aromatic carbocycles. The molecule has 0 amide bonds. The molecule has 0 spiro atoms. The fourth-order valence-corrected chi connectivity index (χ4v) is 3.82. The van der Waals surface area contributed by atoms with Gasteiger partial charge in [0, 0.05) is 10.9 Å². The molecule has 0 aliphatic heterocycles. The second-order valence-corrected chi connectivity index (χ2v) is 6.52. The molecular formula is C16H15ClFNO2. The lowest BCUT2D eigenvalue weighted by molar-refractivity contribution is -0.0913. The zero-order valence-electron chi connectivity index (χ0n) is 11.7. The van der Waals surface area contributed by atoms with E-state index in [1.165, 1.54) is 12.1 Å². The molecule has 0 radical (unpaired) electrons. The Balaban J connectivity index is 2.01. The van der Waals surface area contributed by atoms with Crippen LogP contribution < -0.4 is 10.3 Å². The number of hydrogen-bond donors (Lipinski definition) is 0. The highest BCUT2D eigenvalue weighted by Gasteiger charge is 2.58. The SMILES string of the molecule is CCOc1cn(C23CC(C2)C3)c(=O)c2cc(Cl)c(F)cc12. The number of rotatable bonds is 3. The number of aromatic nitrogens is 1. The molecule has 1 aromatic heterocycles. The molecule has 3 fully saturated rings. The summed E-state index contributed by atoms with van der Waals surface area (Å²) in [5.41, 5.74) is -0.142. The molecule has 3 nitrogen and oxygen atoms in total. The van der Waals surface area contributed by atoms with Crippen LogP contribution in [-0.2, 0) is 5.54 Å². The van der Waals surface area contributed by atoms with Crippen LogP contribution in [0.25, 0.3) is 10.8 Å². The minimum absolute atomic E-state index is 0.0302. The van der Waals surface area contributed by atoms with E-state index in [0.29, 0.717) is 23.1 Å². The second kappa shape index (κ2) is 4.23. The van der Waals surface area contributed by atoms with E-state index in [0.717, 1.165) is 25.2 Å². The predicted octanol–water partition coefficient (Wildman–Crippen LogP) is 3.70. The Morgan fingerprint density at radius 3 is 2.67 bits per heavy atom. The molecule has 21 heavy (non-hydrogen) atoms. The maximum Gasteiger partial charge on any atom is 0.259 e. The molecular weight excluding hydrogens is 293 g/mol. The first kappa shape index (κ1) is 13.1. The van der Waals surface area contributed by atoms with Crippen molar-refractivity contribution in [3.8, 4) is 5.75 Å². The molecule has 3 aliphatic carbocycles. The normalized spacial score (nSPS) is 26.3. The Labute approximate surface area is 126 Å². The first-order valence-electron chi connectivity index (χ1n) is 7.22. The summed E-state index contributed by atoms with van der Waals surface area (Å²) in [6.07, 6.45) is 4.91. The van der Waals surface area contributed by atoms with Gasteiger partial charge in [-0.15, -0.1) is 0 Å². The van der Waals surface area contributed by atoms with Crippen molar-refractivity contribution in [2.75, 3.05) is 6.61 Å². The minimum Gasteiger partial charge on any atom is -0.492 e. The van der Waals surface area contributed by atoms with Gasteiger partial charge in [0.05, 0.1) is 23.2 Å². The van der Waals surface area contributed by atoms with Crippen LogP contribution in [0.2, 0.25) is 5.02 Å². The summed E-state index contributed by atoms with van der Waals surface area (Å²) in [7, 11) is 0. The average molecular weight is 308 g/mol. The van der Waals surface area contributed by atoms with Gasteiger partial charge in [-0.3, -0.25) is 4.79 Å². The number of nitrogens with zero attached hydrogens (tertiary/aromatic N) is 1. The van der Waals surface area contributed by atoms with Gasteiger partial charge in [-0.05, 0) is 44.2 Å². The van der Waals surface area contributed by atoms with Gasteiger partial charge in [-0.2, -0.15) is 0 Å². The number of pyridine rings is 1. The van der Waals surface area contributed by atoms with Crippen molar-refractivity contribution in [2.45, 2.75) is 31.7 Å². The van der Waals surface area contributed by atoms with Crippen molar-refractivity contribution in [2.24, 2.45) is 5.92 Å². The Morgan fingerprint density at radius 1 is 1.38 bits per heavy atom. The maximum absolute atomic E-state index is 13.7. The Bertz CT molecular complexity index is 797. The number of benzene rings is 1. The van der Waals surface area contributed by atoms with Gasteiger partial charge in [-0.1, -0.05) is 11.6 Å². The number of fused-ring (bicyclic) bond motifs is 1. The molecule has 110 valence electrons. The molecule has 0 saturated heterocycles. The van der Waals surface area contributed by atoms with Crippen LogP contribution in [0.4, 0.5) is 4.39 Å². The third kappa shape index (κ3) is 1.68. The van der Waals surface area contributed by atoms with Gasteiger partial charge in [0.1, 0.15) is 11.6 Å². The molecule has 2 bridgehead atoms. The van der Waals surface area contributed by atoms with E-state index >= 15 is 0 Å². The lowest BCUT2D eigenvalue weighted by atomic mass is 9.49. The Morgan fingerprint density at radius 2 is 2.10 bits per heavy atom. The van der Waals surface area contributed by atoms with E-state index in [-0.39, 0.29) is 16.1 Å². The van der Waals surface area contributed by atoms with Crippen LogP contribution in [0.5, 0.6) is 5.75 Å². The van der Waals surface area contributed by atoms with Crippen LogP contribution in [0.1, 0.15) is 26.2 Å². The topological polar surface area (TPSA) is 31.2 Å². The van der Waals surface area contributed by atoms with E-state index in [4.69, 9.17) is 16.3 Å². The van der Waals surface area contributed by atoms with Crippen LogP contribution >= 0.6 is 11.6 Å². The van der Waals surface area contributed by atoms with Crippen LogP contribution in [0.15, 0.2) is 23.1 Å². The second-order valence-electron chi connectivity index (χ2n) is 6.12. The summed E-state index contributed by atoms with van der Waals surface area (Å²) in [4.78, 5) is 12.7. The number of halogens is 2. The van der Waals surface area contributed by atoms with E-state index in [2.05, 4.69) is 0 Å². The first-order chi connectivity index (χ1) is 10.0. The fourth-order valence-electron chi connectivity index (χ4n) is 3.65. The third-order valence-electron chi connectivity index (χ3n) is 4.84. The lowest BCUT2D eigenvalue weighted by Gasteiger charge is -2.62. The van der Waals surface area contributed by atoms with Crippen molar-refractivity contribution in [1.29, 1.82) is 0 Å². The molecule has 0 atom stereocenters. The van der Waals surface area contributed by atoms with Gasteiger partial charge in [0.2, 0.25) is 0 Å². The van der Waals surface area contributed by atoms with E-state index < -0.39 is 5.82 Å². The summed E-state index contributed by atoms with van der Waals surface area (Å²) in [5, 5.41) is 0.890. The molecule has 3 saturated carbocycles. The third-order valence-corrected chi connectivity index (χ3v) is 5.13. The quantitative estimate of drug-likeness (QED) is 0.865. The Hall–Kier alpha value is -1.55. The van der Waals surface area contributed by atoms with E-state index in [9.17, 15) is 9.18 Å². The van der Waals surface area contributed by atoms with Crippen molar-refractivity contribution in [1.82, 2.24) is 4.57 Å². The van der Waals surface area contributed by atoms with Gasteiger partial charge < -0.3 is 9.30 Å². The average Bonchev–Trinajstić information content (AvgIpc) is 2.34. The molecule has 0 N–H and O–H groups in total. The summed E-state index contributed by atoms with van der Waals surface area (Å²) in [5.74, 6) is 0.778. The van der Waals surface area contributed by atoms with Crippen molar-refractivity contribution >= 4 is 22.4 Å². The van der Waals surface area contributed by atoms with Gasteiger partial charge in [0.25, 0.3) is 5.56 Å². The highest BCUT2D eigenvalue weighted by Crippen LogP contribution is 2.62. The molecule has 1 heterocycles.